The van der Waals surface area contributed by atoms with Crippen LogP contribution in [0.2, 0.25) is 0 Å². The predicted octanol–water partition coefficient (Wildman–Crippen LogP) is 4.11. The molecule has 0 aromatic carbocycles. The molecule has 2 rings (SSSR count). The number of nitrogens with zero attached hydrogens (tertiary/aromatic N) is 2. The van der Waals surface area contributed by atoms with Crippen LogP contribution in [0.4, 0.5) is 0 Å². The third-order valence-corrected chi connectivity index (χ3v) is 6.69. The topological polar surface area (TPSA) is 30.5 Å². The maximum absolute atomic E-state index is 3.78. The maximum Gasteiger partial charge on any atom is 0.0107 e. The molecule has 0 radical (unpaired) electrons. The first-order chi connectivity index (χ1) is 13.9. The van der Waals surface area contributed by atoms with Gasteiger partial charge in [0.15, 0.2) is 0 Å². The van der Waals surface area contributed by atoms with E-state index in [0.29, 0.717) is 0 Å². The second kappa shape index (κ2) is 16.6. The van der Waals surface area contributed by atoms with Crippen molar-refractivity contribution >= 4 is 0 Å². The molecule has 1 unspecified atom stereocenters. The molecular weight excluding hydrogens is 344 g/mol. The van der Waals surface area contributed by atoms with Crippen LogP contribution < -0.4 is 10.6 Å². The lowest BCUT2D eigenvalue weighted by molar-refractivity contribution is 0.227. The Morgan fingerprint density at radius 3 is 1.71 bits per heavy atom. The zero-order valence-electron chi connectivity index (χ0n) is 19.0. The van der Waals surface area contributed by atoms with E-state index in [1.807, 2.05) is 0 Å². The molecule has 2 heterocycles. The summed E-state index contributed by atoms with van der Waals surface area (Å²) < 4.78 is 0. The van der Waals surface area contributed by atoms with Gasteiger partial charge in [0.25, 0.3) is 0 Å². The minimum Gasteiger partial charge on any atom is -0.315 e. The van der Waals surface area contributed by atoms with E-state index in [9.17, 15) is 0 Å². The predicted molar refractivity (Wildman–Crippen MR) is 123 cm³/mol. The summed E-state index contributed by atoms with van der Waals surface area (Å²) in [5, 5.41) is 7.56. The molecule has 2 aliphatic rings. The number of piperidine rings is 1. The summed E-state index contributed by atoms with van der Waals surface area (Å²) in [7, 11) is 0. The molecule has 0 saturated carbocycles. The Hall–Kier alpha value is -0.160. The van der Waals surface area contributed by atoms with E-state index in [2.05, 4.69) is 27.4 Å². The normalized spacial score (nSPS) is 20.0. The van der Waals surface area contributed by atoms with Crippen LogP contribution in [0.1, 0.15) is 84.0 Å². The Morgan fingerprint density at radius 2 is 1.14 bits per heavy atom. The molecule has 0 aliphatic carbocycles. The Bertz CT molecular complexity index is 337. The molecule has 166 valence electrons. The minimum atomic E-state index is 0.797. The average molecular weight is 395 g/mol. The van der Waals surface area contributed by atoms with Crippen molar-refractivity contribution in [3.8, 4) is 0 Å². The zero-order chi connectivity index (χ0) is 19.7. The van der Waals surface area contributed by atoms with Crippen LogP contribution in [-0.4, -0.2) is 75.2 Å². The standard InChI is InChI=1S/C24H50N4/c1-2-3-4-5-6-8-13-24(23-26-15-21-28-18-11-12-19-28)22-25-14-20-27-16-9-7-10-17-27/h24-26H,2-23H2,1H3. The van der Waals surface area contributed by atoms with Crippen LogP contribution in [0.3, 0.4) is 0 Å². The van der Waals surface area contributed by atoms with Gasteiger partial charge in [-0.1, -0.05) is 51.9 Å². The summed E-state index contributed by atoms with van der Waals surface area (Å²) in [6.07, 6.45) is 16.9. The number of hydrogen-bond acceptors (Lipinski definition) is 4. The van der Waals surface area contributed by atoms with Crippen LogP contribution in [-0.2, 0) is 0 Å². The van der Waals surface area contributed by atoms with E-state index in [1.54, 1.807) is 0 Å². The average Bonchev–Trinajstić information content (AvgIpc) is 3.24. The van der Waals surface area contributed by atoms with E-state index in [0.717, 1.165) is 5.92 Å². The lowest BCUT2D eigenvalue weighted by Crippen LogP contribution is -2.39. The fraction of sp³-hybridized carbons (Fsp3) is 1.00. The van der Waals surface area contributed by atoms with Gasteiger partial charge in [0.1, 0.15) is 0 Å². The highest BCUT2D eigenvalue weighted by Gasteiger charge is 2.13. The van der Waals surface area contributed by atoms with Gasteiger partial charge in [-0.2, -0.15) is 0 Å². The van der Waals surface area contributed by atoms with Gasteiger partial charge in [0, 0.05) is 26.2 Å². The Kier molecular flexibility index (Phi) is 14.3. The summed E-state index contributed by atoms with van der Waals surface area (Å²) in [4.78, 5) is 5.26. The number of nitrogens with one attached hydrogen (secondary N) is 2. The van der Waals surface area contributed by atoms with E-state index in [-0.39, 0.29) is 0 Å². The van der Waals surface area contributed by atoms with E-state index < -0.39 is 0 Å². The molecule has 4 nitrogen and oxygen atoms in total. The van der Waals surface area contributed by atoms with Gasteiger partial charge in [-0.15, -0.1) is 0 Å². The van der Waals surface area contributed by atoms with E-state index in [1.165, 1.54) is 142 Å². The first kappa shape index (κ1) is 24.1. The fourth-order valence-electron chi connectivity index (χ4n) is 4.77. The lowest BCUT2D eigenvalue weighted by atomic mass is 9.99. The summed E-state index contributed by atoms with van der Waals surface area (Å²) in [5.41, 5.74) is 0. The summed E-state index contributed by atoms with van der Waals surface area (Å²) >= 11 is 0. The van der Waals surface area contributed by atoms with Crippen molar-refractivity contribution in [2.75, 3.05) is 65.4 Å². The van der Waals surface area contributed by atoms with Crippen molar-refractivity contribution in [1.29, 1.82) is 0 Å². The van der Waals surface area contributed by atoms with E-state index >= 15 is 0 Å². The third-order valence-electron chi connectivity index (χ3n) is 6.69. The zero-order valence-corrected chi connectivity index (χ0v) is 19.0. The monoisotopic (exact) mass is 394 g/mol. The largest absolute Gasteiger partial charge is 0.315 e. The molecule has 0 aromatic rings. The van der Waals surface area contributed by atoms with Gasteiger partial charge in [-0.3, -0.25) is 0 Å². The first-order valence-electron chi connectivity index (χ1n) is 12.7. The first-order valence-corrected chi connectivity index (χ1v) is 12.7. The van der Waals surface area contributed by atoms with Gasteiger partial charge in [0.2, 0.25) is 0 Å². The molecule has 2 aliphatic heterocycles. The minimum absolute atomic E-state index is 0.797. The van der Waals surface area contributed by atoms with Crippen molar-refractivity contribution in [2.24, 2.45) is 5.92 Å². The van der Waals surface area contributed by atoms with Gasteiger partial charge < -0.3 is 20.4 Å². The van der Waals surface area contributed by atoms with Gasteiger partial charge in [-0.05, 0) is 77.3 Å². The fourth-order valence-corrected chi connectivity index (χ4v) is 4.77. The quantitative estimate of drug-likeness (QED) is 0.363. The second-order valence-electron chi connectivity index (χ2n) is 9.28. The molecule has 4 heteroatoms. The molecular formula is C24H50N4. The molecule has 2 fully saturated rings. The van der Waals surface area contributed by atoms with Crippen LogP contribution in [0.25, 0.3) is 0 Å². The molecule has 2 saturated heterocycles. The van der Waals surface area contributed by atoms with E-state index in [4.69, 9.17) is 0 Å². The highest BCUT2D eigenvalue weighted by Crippen LogP contribution is 2.12. The van der Waals surface area contributed by atoms with Crippen molar-refractivity contribution in [3.05, 3.63) is 0 Å². The molecule has 0 bridgehead atoms. The smallest absolute Gasteiger partial charge is 0.0107 e. The van der Waals surface area contributed by atoms with Crippen LogP contribution in [0.5, 0.6) is 0 Å². The van der Waals surface area contributed by atoms with Gasteiger partial charge in [-0.25, -0.2) is 0 Å². The Morgan fingerprint density at radius 1 is 0.643 bits per heavy atom. The highest BCUT2D eigenvalue weighted by molar-refractivity contribution is 4.71. The molecule has 0 amide bonds. The molecule has 0 aromatic heterocycles. The van der Waals surface area contributed by atoms with Crippen LogP contribution >= 0.6 is 0 Å². The summed E-state index contributed by atoms with van der Waals surface area (Å²) in [6.45, 7) is 14.8. The Balaban J connectivity index is 1.55. The van der Waals surface area contributed by atoms with Crippen LogP contribution in [0.15, 0.2) is 0 Å². The number of unbranched alkanes of at least 4 members (excludes halogenated alkanes) is 5. The summed E-state index contributed by atoms with van der Waals surface area (Å²) in [5.74, 6) is 0.797. The van der Waals surface area contributed by atoms with Crippen molar-refractivity contribution in [3.63, 3.8) is 0 Å². The van der Waals surface area contributed by atoms with Crippen molar-refractivity contribution in [1.82, 2.24) is 20.4 Å². The Labute approximate surface area is 176 Å². The lowest BCUT2D eigenvalue weighted by Gasteiger charge is -2.27. The maximum atomic E-state index is 3.78. The SMILES string of the molecule is CCCCCCCCC(CNCCN1CCCCC1)CNCCN1CCCC1. The van der Waals surface area contributed by atoms with Crippen molar-refractivity contribution < 1.29 is 0 Å². The number of likely N-dealkylation sites (tertiary alicyclic amines) is 2. The number of hydrogen-bond donors (Lipinski definition) is 2. The number of rotatable bonds is 17. The molecule has 1 atom stereocenters. The molecule has 2 N–H and O–H groups in total. The van der Waals surface area contributed by atoms with Crippen LogP contribution in [0, 0.1) is 5.92 Å². The second-order valence-corrected chi connectivity index (χ2v) is 9.28. The molecule has 0 spiro atoms. The third kappa shape index (κ3) is 11.7. The molecule has 28 heavy (non-hydrogen) atoms. The van der Waals surface area contributed by atoms with Crippen molar-refractivity contribution in [2.45, 2.75) is 84.0 Å². The highest BCUT2D eigenvalue weighted by atomic mass is 15.2. The van der Waals surface area contributed by atoms with Gasteiger partial charge in [0.05, 0.1) is 0 Å². The summed E-state index contributed by atoms with van der Waals surface area (Å²) in [6, 6.07) is 0. The van der Waals surface area contributed by atoms with Gasteiger partial charge >= 0.3 is 0 Å².